The Kier molecular flexibility index (Phi) is 3.72. The molecule has 0 atom stereocenters. The molecule has 0 radical (unpaired) electrons. The highest BCUT2D eigenvalue weighted by Gasteiger charge is 2.08. The van der Waals surface area contributed by atoms with E-state index >= 15 is 0 Å². The van der Waals surface area contributed by atoms with Crippen molar-refractivity contribution in [3.63, 3.8) is 0 Å². The van der Waals surface area contributed by atoms with Crippen LogP contribution in [-0.2, 0) is 6.61 Å². The molecule has 1 N–H and O–H groups in total. The van der Waals surface area contributed by atoms with Crippen molar-refractivity contribution in [3.8, 4) is 11.4 Å². The predicted molar refractivity (Wildman–Crippen MR) is 72.3 cm³/mol. The summed E-state index contributed by atoms with van der Waals surface area (Å²) in [5.41, 5.74) is 4.24. The lowest BCUT2D eigenvalue weighted by atomic mass is 10.2. The molecule has 0 fully saturated rings. The standard InChI is InChI=1S/C15H19NO2/c1-4-18-15-8-7-14(9-13(15)10-17)16-11(2)5-6-12(16)3/h5-9,17H,4,10H2,1-3H3. The quantitative estimate of drug-likeness (QED) is 0.898. The van der Waals surface area contributed by atoms with Crippen molar-refractivity contribution in [2.45, 2.75) is 27.4 Å². The monoisotopic (exact) mass is 245 g/mol. The molecule has 0 unspecified atom stereocenters. The smallest absolute Gasteiger partial charge is 0.124 e. The number of hydrogen-bond acceptors (Lipinski definition) is 2. The van der Waals surface area contributed by atoms with Crippen molar-refractivity contribution >= 4 is 0 Å². The Hall–Kier alpha value is -1.74. The molecule has 0 amide bonds. The Morgan fingerprint density at radius 1 is 1.11 bits per heavy atom. The largest absolute Gasteiger partial charge is 0.494 e. The molecule has 1 aromatic heterocycles. The number of benzene rings is 1. The molecule has 1 aromatic carbocycles. The molecule has 1 heterocycles. The van der Waals surface area contributed by atoms with Crippen molar-refractivity contribution in [1.29, 1.82) is 0 Å². The highest BCUT2D eigenvalue weighted by atomic mass is 16.5. The molecule has 96 valence electrons. The summed E-state index contributed by atoms with van der Waals surface area (Å²) in [4.78, 5) is 0. The zero-order chi connectivity index (χ0) is 13.1. The number of aliphatic hydroxyl groups is 1. The van der Waals surface area contributed by atoms with Crippen LogP contribution in [0.4, 0.5) is 0 Å². The first-order valence-electron chi connectivity index (χ1n) is 6.19. The predicted octanol–water partition coefficient (Wildman–Crippen LogP) is 2.99. The van der Waals surface area contributed by atoms with Gasteiger partial charge in [-0.15, -0.1) is 0 Å². The second-order valence-corrected chi connectivity index (χ2v) is 4.33. The van der Waals surface area contributed by atoms with E-state index in [1.165, 1.54) is 11.4 Å². The summed E-state index contributed by atoms with van der Waals surface area (Å²) >= 11 is 0. The Labute approximate surface area is 108 Å². The molecule has 0 bridgehead atoms. The van der Waals surface area contributed by atoms with Crippen molar-refractivity contribution in [1.82, 2.24) is 4.57 Å². The van der Waals surface area contributed by atoms with Crippen LogP contribution in [0.25, 0.3) is 5.69 Å². The minimum Gasteiger partial charge on any atom is -0.494 e. The number of aryl methyl sites for hydroxylation is 2. The van der Waals surface area contributed by atoms with Gasteiger partial charge in [0.2, 0.25) is 0 Å². The fourth-order valence-electron chi connectivity index (χ4n) is 2.20. The summed E-state index contributed by atoms with van der Waals surface area (Å²) in [5, 5.41) is 9.42. The van der Waals surface area contributed by atoms with E-state index in [9.17, 15) is 5.11 Å². The molecule has 0 saturated heterocycles. The molecule has 18 heavy (non-hydrogen) atoms. The van der Waals surface area contributed by atoms with E-state index in [1.807, 2.05) is 25.1 Å². The number of aromatic nitrogens is 1. The lowest BCUT2D eigenvalue weighted by Crippen LogP contribution is -2.02. The van der Waals surface area contributed by atoms with Gasteiger partial charge in [0, 0.05) is 22.6 Å². The number of ether oxygens (including phenoxy) is 1. The Morgan fingerprint density at radius 3 is 2.33 bits per heavy atom. The van der Waals surface area contributed by atoms with Crippen LogP contribution in [0.2, 0.25) is 0 Å². The molecule has 2 aromatic rings. The van der Waals surface area contributed by atoms with E-state index in [-0.39, 0.29) is 6.61 Å². The first kappa shape index (κ1) is 12.7. The summed E-state index contributed by atoms with van der Waals surface area (Å²) in [6.07, 6.45) is 0. The molecule has 0 aliphatic heterocycles. The summed E-state index contributed by atoms with van der Waals surface area (Å²) in [6.45, 7) is 6.68. The van der Waals surface area contributed by atoms with Gasteiger partial charge in [0.25, 0.3) is 0 Å². The first-order chi connectivity index (χ1) is 8.67. The topological polar surface area (TPSA) is 34.4 Å². The van der Waals surface area contributed by atoms with Crippen molar-refractivity contribution in [2.24, 2.45) is 0 Å². The fraction of sp³-hybridized carbons (Fsp3) is 0.333. The molecule has 0 aliphatic carbocycles. The van der Waals surface area contributed by atoms with Gasteiger partial charge in [-0.1, -0.05) is 0 Å². The molecule has 3 heteroatoms. The van der Waals surface area contributed by atoms with Crippen molar-refractivity contribution in [3.05, 3.63) is 47.3 Å². The molecule has 3 nitrogen and oxygen atoms in total. The highest BCUT2D eigenvalue weighted by molar-refractivity contribution is 5.46. The lowest BCUT2D eigenvalue weighted by Gasteiger charge is -2.14. The maximum absolute atomic E-state index is 9.42. The van der Waals surface area contributed by atoms with E-state index in [4.69, 9.17) is 4.74 Å². The van der Waals surface area contributed by atoms with Gasteiger partial charge in [0.1, 0.15) is 5.75 Å². The van der Waals surface area contributed by atoms with Gasteiger partial charge in [0.15, 0.2) is 0 Å². The molecule has 0 aliphatic rings. The molecule has 0 saturated carbocycles. The van der Waals surface area contributed by atoms with Gasteiger partial charge < -0.3 is 14.4 Å². The lowest BCUT2D eigenvalue weighted by molar-refractivity contribution is 0.267. The summed E-state index contributed by atoms with van der Waals surface area (Å²) in [6, 6.07) is 10.1. The van der Waals surface area contributed by atoms with Crippen LogP contribution in [-0.4, -0.2) is 16.3 Å². The minimum atomic E-state index is -0.0114. The van der Waals surface area contributed by atoms with Crippen LogP contribution in [0.5, 0.6) is 5.75 Å². The second kappa shape index (κ2) is 5.27. The highest BCUT2D eigenvalue weighted by Crippen LogP contribution is 2.24. The third kappa shape index (κ3) is 2.27. The van der Waals surface area contributed by atoms with E-state index in [2.05, 4.69) is 30.5 Å². The molecule has 0 spiro atoms. The third-order valence-corrected chi connectivity index (χ3v) is 3.04. The Morgan fingerprint density at radius 2 is 1.78 bits per heavy atom. The normalized spacial score (nSPS) is 10.7. The number of hydrogen-bond donors (Lipinski definition) is 1. The number of rotatable bonds is 4. The van der Waals surface area contributed by atoms with Gasteiger partial charge in [-0.05, 0) is 51.1 Å². The molecular weight excluding hydrogens is 226 g/mol. The number of nitrogens with zero attached hydrogens (tertiary/aromatic N) is 1. The zero-order valence-electron chi connectivity index (χ0n) is 11.1. The summed E-state index contributed by atoms with van der Waals surface area (Å²) < 4.78 is 7.65. The van der Waals surface area contributed by atoms with Gasteiger partial charge in [0.05, 0.1) is 13.2 Å². The van der Waals surface area contributed by atoms with E-state index < -0.39 is 0 Å². The third-order valence-electron chi connectivity index (χ3n) is 3.04. The van der Waals surface area contributed by atoms with Gasteiger partial charge >= 0.3 is 0 Å². The maximum Gasteiger partial charge on any atom is 0.124 e. The second-order valence-electron chi connectivity index (χ2n) is 4.33. The van der Waals surface area contributed by atoms with E-state index in [0.717, 1.165) is 17.0 Å². The molecule has 2 rings (SSSR count). The Balaban J connectivity index is 2.47. The van der Waals surface area contributed by atoms with Crippen LogP contribution in [0.1, 0.15) is 23.9 Å². The van der Waals surface area contributed by atoms with Crippen molar-refractivity contribution < 1.29 is 9.84 Å². The zero-order valence-corrected chi connectivity index (χ0v) is 11.1. The molecular formula is C15H19NO2. The number of aliphatic hydroxyl groups excluding tert-OH is 1. The van der Waals surface area contributed by atoms with Crippen LogP contribution >= 0.6 is 0 Å². The fourth-order valence-corrected chi connectivity index (χ4v) is 2.20. The van der Waals surface area contributed by atoms with E-state index in [0.29, 0.717) is 6.61 Å². The maximum atomic E-state index is 9.42. The van der Waals surface area contributed by atoms with Crippen LogP contribution < -0.4 is 4.74 Å². The van der Waals surface area contributed by atoms with Crippen molar-refractivity contribution in [2.75, 3.05) is 6.61 Å². The first-order valence-corrected chi connectivity index (χ1v) is 6.19. The average Bonchev–Trinajstić information content (AvgIpc) is 2.70. The van der Waals surface area contributed by atoms with Gasteiger partial charge in [-0.25, -0.2) is 0 Å². The average molecular weight is 245 g/mol. The van der Waals surface area contributed by atoms with E-state index in [1.54, 1.807) is 0 Å². The van der Waals surface area contributed by atoms with Gasteiger partial charge in [-0.3, -0.25) is 0 Å². The van der Waals surface area contributed by atoms with Crippen LogP contribution in [0.3, 0.4) is 0 Å². The summed E-state index contributed by atoms with van der Waals surface area (Å²) in [5.74, 6) is 0.756. The van der Waals surface area contributed by atoms with Gasteiger partial charge in [-0.2, -0.15) is 0 Å². The Bertz CT molecular complexity index is 524. The SMILES string of the molecule is CCOc1ccc(-n2c(C)ccc2C)cc1CO. The van der Waals surface area contributed by atoms with Crippen LogP contribution in [0.15, 0.2) is 30.3 Å². The van der Waals surface area contributed by atoms with Crippen LogP contribution in [0, 0.1) is 13.8 Å². The summed E-state index contributed by atoms with van der Waals surface area (Å²) in [7, 11) is 0. The minimum absolute atomic E-state index is 0.0114.